The van der Waals surface area contributed by atoms with Crippen molar-refractivity contribution in [2.45, 2.75) is 19.9 Å². The number of carbonyl (C=O) groups excluding carboxylic acids is 2. The largest absolute Gasteiger partial charge is 0.494 e. The third-order valence-corrected chi connectivity index (χ3v) is 3.80. The summed E-state index contributed by atoms with van der Waals surface area (Å²) >= 11 is 0. The van der Waals surface area contributed by atoms with Crippen LogP contribution in [0.15, 0.2) is 48.5 Å². The fourth-order valence-corrected chi connectivity index (χ4v) is 2.42. The quantitative estimate of drug-likeness (QED) is 0.547. The molecular weight excluding hydrogens is 350 g/mol. The van der Waals surface area contributed by atoms with Crippen molar-refractivity contribution in [3.05, 3.63) is 69.8 Å². The van der Waals surface area contributed by atoms with Gasteiger partial charge in [0, 0.05) is 17.7 Å². The molecule has 2 aromatic rings. The first-order valence-electron chi connectivity index (χ1n) is 8.45. The van der Waals surface area contributed by atoms with Gasteiger partial charge < -0.3 is 15.4 Å². The zero-order valence-corrected chi connectivity index (χ0v) is 15.1. The highest BCUT2D eigenvalue weighted by Crippen LogP contribution is 2.17. The maximum absolute atomic E-state index is 12.1. The molecule has 2 amide bonds. The Bertz CT molecular complexity index is 820. The van der Waals surface area contributed by atoms with E-state index in [-0.39, 0.29) is 29.7 Å². The maximum atomic E-state index is 12.1. The van der Waals surface area contributed by atoms with Gasteiger partial charge in [0.25, 0.3) is 11.6 Å². The number of carbonyl (C=O) groups is 2. The molecule has 27 heavy (non-hydrogen) atoms. The van der Waals surface area contributed by atoms with E-state index in [1.165, 1.54) is 18.2 Å². The Kier molecular flexibility index (Phi) is 6.87. The zero-order valence-electron chi connectivity index (χ0n) is 15.1. The fourth-order valence-electron chi connectivity index (χ4n) is 2.42. The van der Waals surface area contributed by atoms with E-state index in [4.69, 9.17) is 4.74 Å². The normalized spacial score (nSPS) is 11.3. The second kappa shape index (κ2) is 9.33. The van der Waals surface area contributed by atoms with Crippen LogP contribution in [-0.4, -0.2) is 29.9 Å². The molecule has 8 nitrogen and oxygen atoms in total. The molecule has 0 aromatic heterocycles. The number of rotatable bonds is 8. The number of amides is 2. The third-order valence-electron chi connectivity index (χ3n) is 3.80. The minimum absolute atomic E-state index is 0.122. The molecule has 0 aliphatic heterocycles. The second-order valence-electron chi connectivity index (χ2n) is 5.78. The van der Waals surface area contributed by atoms with Crippen LogP contribution in [0.3, 0.4) is 0 Å². The lowest BCUT2D eigenvalue weighted by Gasteiger charge is -2.15. The van der Waals surface area contributed by atoms with E-state index >= 15 is 0 Å². The summed E-state index contributed by atoms with van der Waals surface area (Å²) < 4.78 is 5.37. The summed E-state index contributed by atoms with van der Waals surface area (Å²) in [7, 11) is 0. The first-order chi connectivity index (χ1) is 12.9. The first-order valence-corrected chi connectivity index (χ1v) is 8.45. The highest BCUT2D eigenvalue weighted by molar-refractivity contribution is 5.97. The number of hydrogen-bond donors (Lipinski definition) is 2. The number of nitro benzene ring substituents is 1. The van der Waals surface area contributed by atoms with E-state index in [1.54, 1.807) is 0 Å². The minimum atomic E-state index is -0.581. The van der Waals surface area contributed by atoms with Gasteiger partial charge in [-0.2, -0.15) is 0 Å². The van der Waals surface area contributed by atoms with Crippen molar-refractivity contribution in [1.29, 1.82) is 0 Å². The van der Waals surface area contributed by atoms with Gasteiger partial charge in [0.1, 0.15) is 5.75 Å². The van der Waals surface area contributed by atoms with Crippen molar-refractivity contribution in [3.63, 3.8) is 0 Å². The van der Waals surface area contributed by atoms with Gasteiger partial charge in [-0.1, -0.05) is 18.2 Å². The molecular formula is C19H21N3O5. The summed E-state index contributed by atoms with van der Waals surface area (Å²) in [5.74, 6) is -0.165. The Balaban J connectivity index is 1.87. The Morgan fingerprint density at radius 2 is 1.89 bits per heavy atom. The van der Waals surface area contributed by atoms with Gasteiger partial charge in [-0.15, -0.1) is 0 Å². The predicted molar refractivity (Wildman–Crippen MR) is 99.6 cm³/mol. The topological polar surface area (TPSA) is 111 Å². The zero-order chi connectivity index (χ0) is 19.8. The van der Waals surface area contributed by atoms with Crippen molar-refractivity contribution >= 4 is 17.5 Å². The molecule has 0 aliphatic rings. The van der Waals surface area contributed by atoms with Crippen LogP contribution in [0.25, 0.3) is 0 Å². The molecule has 0 saturated heterocycles. The second-order valence-corrected chi connectivity index (χ2v) is 5.78. The standard InChI is InChI=1S/C19H21N3O5/c1-3-27-17-9-7-14(8-10-17)13(2)21-18(23)12-20-19(24)15-5-4-6-16(11-15)22(25)26/h4-11,13H,3,12H2,1-2H3,(H,20,24)(H,21,23). The summed E-state index contributed by atoms with van der Waals surface area (Å²) in [5, 5.41) is 16.0. The van der Waals surface area contributed by atoms with Gasteiger partial charge in [-0.25, -0.2) is 0 Å². The lowest BCUT2D eigenvalue weighted by atomic mass is 10.1. The van der Waals surface area contributed by atoms with Crippen LogP contribution in [0.4, 0.5) is 5.69 Å². The van der Waals surface area contributed by atoms with Gasteiger partial charge in [-0.05, 0) is 37.6 Å². The van der Waals surface area contributed by atoms with Gasteiger partial charge in [0.05, 0.1) is 24.1 Å². The molecule has 0 bridgehead atoms. The highest BCUT2D eigenvalue weighted by Gasteiger charge is 2.14. The molecule has 0 spiro atoms. The maximum Gasteiger partial charge on any atom is 0.270 e. The molecule has 1 unspecified atom stereocenters. The summed E-state index contributed by atoms with van der Waals surface area (Å²) in [6.07, 6.45) is 0. The molecule has 0 fully saturated rings. The lowest BCUT2D eigenvalue weighted by molar-refractivity contribution is -0.384. The Labute approximate surface area is 156 Å². The SMILES string of the molecule is CCOc1ccc(C(C)NC(=O)CNC(=O)c2cccc([N+](=O)[O-])c2)cc1. The molecule has 0 aliphatic carbocycles. The summed E-state index contributed by atoms with van der Waals surface area (Å²) in [4.78, 5) is 34.3. The van der Waals surface area contributed by atoms with Crippen LogP contribution in [0.1, 0.15) is 35.8 Å². The Morgan fingerprint density at radius 3 is 2.52 bits per heavy atom. The van der Waals surface area contributed by atoms with E-state index in [1.807, 2.05) is 38.1 Å². The minimum Gasteiger partial charge on any atom is -0.494 e. The van der Waals surface area contributed by atoms with E-state index in [0.29, 0.717) is 6.61 Å². The smallest absolute Gasteiger partial charge is 0.270 e. The summed E-state index contributed by atoms with van der Waals surface area (Å²) in [5.41, 5.74) is 0.838. The molecule has 142 valence electrons. The van der Waals surface area contributed by atoms with Gasteiger partial charge in [0.15, 0.2) is 0 Å². The van der Waals surface area contributed by atoms with Gasteiger partial charge in [0.2, 0.25) is 5.91 Å². The molecule has 2 N–H and O–H groups in total. The number of ether oxygens (including phenoxy) is 1. The van der Waals surface area contributed by atoms with Gasteiger partial charge in [-0.3, -0.25) is 19.7 Å². The van der Waals surface area contributed by atoms with Gasteiger partial charge >= 0.3 is 0 Å². The van der Waals surface area contributed by atoms with Crippen molar-refractivity contribution in [1.82, 2.24) is 10.6 Å². The van der Waals surface area contributed by atoms with E-state index in [2.05, 4.69) is 10.6 Å². The van der Waals surface area contributed by atoms with Crippen molar-refractivity contribution < 1.29 is 19.2 Å². The molecule has 8 heteroatoms. The number of nitrogens with zero attached hydrogens (tertiary/aromatic N) is 1. The van der Waals surface area contributed by atoms with Crippen molar-refractivity contribution in [2.75, 3.05) is 13.2 Å². The number of nitrogens with one attached hydrogen (secondary N) is 2. The van der Waals surface area contributed by atoms with Crippen LogP contribution in [0.5, 0.6) is 5.75 Å². The fraction of sp³-hybridized carbons (Fsp3) is 0.263. The number of benzene rings is 2. The first kappa shape index (κ1) is 19.9. The molecule has 1 atom stereocenters. The van der Waals surface area contributed by atoms with E-state index < -0.39 is 10.8 Å². The molecule has 2 rings (SSSR count). The predicted octanol–water partition coefficient (Wildman–Crippen LogP) is 2.60. The Morgan fingerprint density at radius 1 is 1.19 bits per heavy atom. The average Bonchev–Trinajstić information content (AvgIpc) is 2.67. The molecule has 0 saturated carbocycles. The van der Waals surface area contributed by atoms with E-state index in [9.17, 15) is 19.7 Å². The van der Waals surface area contributed by atoms with Crippen LogP contribution >= 0.6 is 0 Å². The van der Waals surface area contributed by atoms with Crippen LogP contribution in [0, 0.1) is 10.1 Å². The monoisotopic (exact) mass is 371 g/mol. The number of nitro groups is 1. The number of hydrogen-bond acceptors (Lipinski definition) is 5. The average molecular weight is 371 g/mol. The number of non-ortho nitro benzene ring substituents is 1. The molecule has 2 aromatic carbocycles. The molecule has 0 radical (unpaired) electrons. The summed E-state index contributed by atoms with van der Waals surface area (Å²) in [6, 6.07) is 12.4. The summed E-state index contributed by atoms with van der Waals surface area (Å²) in [6.45, 7) is 4.08. The van der Waals surface area contributed by atoms with Crippen LogP contribution in [0.2, 0.25) is 0 Å². The Hall–Kier alpha value is -3.42. The van der Waals surface area contributed by atoms with Crippen molar-refractivity contribution in [3.8, 4) is 5.75 Å². The third kappa shape index (κ3) is 5.81. The van der Waals surface area contributed by atoms with E-state index in [0.717, 1.165) is 17.4 Å². The lowest BCUT2D eigenvalue weighted by Crippen LogP contribution is -2.38. The highest BCUT2D eigenvalue weighted by atomic mass is 16.6. The van der Waals surface area contributed by atoms with Crippen LogP contribution < -0.4 is 15.4 Å². The van der Waals surface area contributed by atoms with Crippen molar-refractivity contribution in [2.24, 2.45) is 0 Å². The van der Waals surface area contributed by atoms with Crippen LogP contribution in [-0.2, 0) is 4.79 Å². The molecule has 0 heterocycles.